The molecule has 3 aromatic rings. The summed E-state index contributed by atoms with van der Waals surface area (Å²) in [5.41, 5.74) is 1.64. The van der Waals surface area contributed by atoms with Crippen LogP contribution >= 0.6 is 11.3 Å². The third-order valence-electron chi connectivity index (χ3n) is 4.14. The number of nitrogens with one attached hydrogen (secondary N) is 3. The average Bonchev–Trinajstić information content (AvgIpc) is 3.27. The van der Waals surface area contributed by atoms with Crippen molar-refractivity contribution in [1.29, 1.82) is 0 Å². The lowest BCUT2D eigenvalue weighted by Crippen LogP contribution is -2.30. The SMILES string of the molecule is COc1ccc(C(=O)N/C(=C\c2cccs2)C(=O)Nc2ccc(NC(C)=O)cc2)cc1. The number of thiophene rings is 1. The van der Waals surface area contributed by atoms with Gasteiger partial charge in [-0.2, -0.15) is 0 Å². The molecule has 0 spiro atoms. The largest absolute Gasteiger partial charge is 0.497 e. The molecule has 0 unspecified atom stereocenters. The highest BCUT2D eigenvalue weighted by Crippen LogP contribution is 2.17. The molecule has 8 heteroatoms. The number of rotatable bonds is 7. The predicted octanol–water partition coefficient (Wildman–Crippen LogP) is 4.12. The van der Waals surface area contributed by atoms with E-state index in [2.05, 4.69) is 16.0 Å². The van der Waals surface area contributed by atoms with Crippen molar-refractivity contribution in [3.05, 3.63) is 82.2 Å². The summed E-state index contributed by atoms with van der Waals surface area (Å²) in [7, 11) is 1.55. The maximum Gasteiger partial charge on any atom is 0.272 e. The van der Waals surface area contributed by atoms with Gasteiger partial charge in [0.15, 0.2) is 0 Å². The van der Waals surface area contributed by atoms with Crippen molar-refractivity contribution in [3.8, 4) is 5.75 Å². The molecule has 0 atom stereocenters. The fourth-order valence-corrected chi connectivity index (χ4v) is 3.31. The zero-order chi connectivity index (χ0) is 22.2. The molecule has 0 aliphatic rings. The van der Waals surface area contributed by atoms with Crippen LogP contribution in [0.5, 0.6) is 5.75 Å². The van der Waals surface area contributed by atoms with E-state index in [1.165, 1.54) is 18.3 Å². The number of amides is 3. The molecule has 3 N–H and O–H groups in total. The maximum absolute atomic E-state index is 12.9. The van der Waals surface area contributed by atoms with Crippen LogP contribution < -0.4 is 20.7 Å². The number of ether oxygens (including phenoxy) is 1. The lowest BCUT2D eigenvalue weighted by molar-refractivity contribution is -0.114. The van der Waals surface area contributed by atoms with Gasteiger partial charge in [0, 0.05) is 28.7 Å². The Hall–Kier alpha value is -3.91. The first-order chi connectivity index (χ1) is 14.9. The molecule has 31 heavy (non-hydrogen) atoms. The van der Waals surface area contributed by atoms with Gasteiger partial charge in [0.2, 0.25) is 5.91 Å². The van der Waals surface area contributed by atoms with E-state index in [9.17, 15) is 14.4 Å². The van der Waals surface area contributed by atoms with Crippen LogP contribution in [0, 0.1) is 0 Å². The molecule has 0 aliphatic heterocycles. The number of carbonyl (C=O) groups excluding carboxylic acids is 3. The Kier molecular flexibility index (Phi) is 7.18. The van der Waals surface area contributed by atoms with E-state index in [1.54, 1.807) is 61.7 Å². The highest BCUT2D eigenvalue weighted by Gasteiger charge is 2.15. The minimum Gasteiger partial charge on any atom is -0.497 e. The molecular formula is C23H21N3O4S. The van der Waals surface area contributed by atoms with Crippen molar-refractivity contribution in [2.75, 3.05) is 17.7 Å². The Morgan fingerprint density at radius 3 is 2.10 bits per heavy atom. The first-order valence-corrected chi connectivity index (χ1v) is 10.2. The summed E-state index contributed by atoms with van der Waals surface area (Å²) < 4.78 is 5.11. The summed E-state index contributed by atoms with van der Waals surface area (Å²) in [5, 5.41) is 9.99. The topological polar surface area (TPSA) is 96.5 Å². The zero-order valence-corrected chi connectivity index (χ0v) is 17.8. The molecule has 2 aromatic carbocycles. The maximum atomic E-state index is 12.9. The van der Waals surface area contributed by atoms with Gasteiger partial charge < -0.3 is 20.7 Å². The molecule has 1 heterocycles. The minimum atomic E-state index is -0.470. The number of anilines is 2. The lowest BCUT2D eigenvalue weighted by Gasteiger charge is -2.12. The molecule has 1 aromatic heterocycles. The Morgan fingerprint density at radius 2 is 1.55 bits per heavy atom. The van der Waals surface area contributed by atoms with Crippen molar-refractivity contribution in [2.45, 2.75) is 6.92 Å². The molecule has 0 saturated carbocycles. The van der Waals surface area contributed by atoms with Crippen molar-refractivity contribution in [2.24, 2.45) is 0 Å². The molecular weight excluding hydrogens is 414 g/mol. The van der Waals surface area contributed by atoms with Crippen LogP contribution in [0.25, 0.3) is 6.08 Å². The summed E-state index contributed by atoms with van der Waals surface area (Å²) in [5.74, 6) is -0.435. The first kappa shape index (κ1) is 21.8. The van der Waals surface area contributed by atoms with Crippen LogP contribution in [-0.2, 0) is 9.59 Å². The lowest BCUT2D eigenvalue weighted by atomic mass is 10.2. The van der Waals surface area contributed by atoms with Crippen LogP contribution in [0.3, 0.4) is 0 Å². The van der Waals surface area contributed by atoms with E-state index in [0.29, 0.717) is 22.7 Å². The van der Waals surface area contributed by atoms with Crippen molar-refractivity contribution in [3.63, 3.8) is 0 Å². The van der Waals surface area contributed by atoms with Crippen LogP contribution in [0.4, 0.5) is 11.4 Å². The summed E-state index contributed by atoms with van der Waals surface area (Å²) >= 11 is 1.45. The van der Waals surface area contributed by atoms with Crippen LogP contribution in [0.2, 0.25) is 0 Å². The molecule has 158 valence electrons. The highest BCUT2D eigenvalue weighted by molar-refractivity contribution is 7.10. The van der Waals surface area contributed by atoms with Gasteiger partial charge in [-0.05, 0) is 66.1 Å². The van der Waals surface area contributed by atoms with E-state index >= 15 is 0 Å². The monoisotopic (exact) mass is 435 g/mol. The second-order valence-corrected chi connectivity index (χ2v) is 7.45. The zero-order valence-electron chi connectivity index (χ0n) is 17.0. The number of hydrogen-bond acceptors (Lipinski definition) is 5. The predicted molar refractivity (Wildman–Crippen MR) is 122 cm³/mol. The summed E-state index contributed by atoms with van der Waals surface area (Å²) in [6.45, 7) is 1.42. The Balaban J connectivity index is 1.77. The summed E-state index contributed by atoms with van der Waals surface area (Å²) in [4.78, 5) is 37.5. The van der Waals surface area contributed by atoms with E-state index in [-0.39, 0.29) is 11.6 Å². The quantitative estimate of drug-likeness (QED) is 0.486. The van der Waals surface area contributed by atoms with E-state index < -0.39 is 11.8 Å². The van der Waals surface area contributed by atoms with E-state index in [0.717, 1.165) is 4.88 Å². The van der Waals surface area contributed by atoms with Gasteiger partial charge in [0.25, 0.3) is 11.8 Å². The number of hydrogen-bond donors (Lipinski definition) is 3. The first-order valence-electron chi connectivity index (χ1n) is 9.34. The van der Waals surface area contributed by atoms with Gasteiger partial charge in [0.05, 0.1) is 7.11 Å². The summed E-state index contributed by atoms with van der Waals surface area (Å²) in [6.07, 6.45) is 1.62. The summed E-state index contributed by atoms with van der Waals surface area (Å²) in [6, 6.07) is 17.0. The van der Waals surface area contributed by atoms with Crippen molar-refractivity contribution < 1.29 is 19.1 Å². The number of carbonyl (C=O) groups is 3. The fourth-order valence-electron chi connectivity index (χ4n) is 2.65. The van der Waals surface area contributed by atoms with Crippen molar-refractivity contribution in [1.82, 2.24) is 5.32 Å². The van der Waals surface area contributed by atoms with Gasteiger partial charge in [-0.3, -0.25) is 14.4 Å². The number of benzene rings is 2. The second kappa shape index (κ2) is 10.2. The van der Waals surface area contributed by atoms with Crippen LogP contribution in [0.15, 0.2) is 71.7 Å². The second-order valence-electron chi connectivity index (χ2n) is 6.47. The normalized spacial score (nSPS) is 10.8. The van der Waals surface area contributed by atoms with E-state index in [4.69, 9.17) is 4.74 Å². The third kappa shape index (κ3) is 6.28. The highest BCUT2D eigenvalue weighted by atomic mass is 32.1. The number of methoxy groups -OCH3 is 1. The molecule has 0 bridgehead atoms. The van der Waals surface area contributed by atoms with Crippen LogP contribution in [-0.4, -0.2) is 24.8 Å². The molecule has 0 fully saturated rings. The molecule has 0 aliphatic carbocycles. The Labute approximate surface area is 183 Å². The van der Waals surface area contributed by atoms with E-state index in [1.807, 2.05) is 17.5 Å². The van der Waals surface area contributed by atoms with Gasteiger partial charge in [0.1, 0.15) is 11.4 Å². The van der Waals surface area contributed by atoms with Gasteiger partial charge in [-0.1, -0.05) is 6.07 Å². The Bertz CT molecular complexity index is 1090. The molecule has 7 nitrogen and oxygen atoms in total. The minimum absolute atomic E-state index is 0.106. The smallest absolute Gasteiger partial charge is 0.272 e. The molecule has 3 rings (SSSR count). The van der Waals surface area contributed by atoms with Crippen LogP contribution in [0.1, 0.15) is 22.2 Å². The Morgan fingerprint density at radius 1 is 0.903 bits per heavy atom. The molecule has 3 amide bonds. The average molecular weight is 436 g/mol. The van der Waals surface area contributed by atoms with Crippen molar-refractivity contribution >= 4 is 46.5 Å². The van der Waals surface area contributed by atoms with Gasteiger partial charge >= 0.3 is 0 Å². The van der Waals surface area contributed by atoms with Gasteiger partial charge in [-0.15, -0.1) is 11.3 Å². The molecule has 0 radical (unpaired) electrons. The molecule has 0 saturated heterocycles. The third-order valence-corrected chi connectivity index (χ3v) is 4.96. The standard InChI is InChI=1S/C23H21N3O4S/c1-15(27)24-17-7-9-18(10-8-17)25-23(29)21(14-20-4-3-13-31-20)26-22(28)16-5-11-19(30-2)12-6-16/h3-14H,1-2H3,(H,24,27)(H,25,29)(H,26,28)/b21-14-. The van der Waals surface area contributed by atoms with Gasteiger partial charge in [-0.25, -0.2) is 0 Å². The fraction of sp³-hybridized carbons (Fsp3) is 0.0870.